The number of pyridine rings is 2. The number of nitrogens with zero attached hydrogens (tertiary/aromatic N) is 2. The van der Waals surface area contributed by atoms with Crippen molar-refractivity contribution < 1.29 is 0 Å². The van der Waals surface area contributed by atoms with Crippen molar-refractivity contribution in [1.29, 1.82) is 0 Å². The van der Waals surface area contributed by atoms with Crippen LogP contribution in [0.3, 0.4) is 0 Å². The summed E-state index contributed by atoms with van der Waals surface area (Å²) in [5.41, 5.74) is 12.1. The molecule has 0 unspecified atom stereocenters. The van der Waals surface area contributed by atoms with Crippen molar-refractivity contribution in [2.75, 3.05) is 0 Å². The van der Waals surface area contributed by atoms with Crippen molar-refractivity contribution in [3.05, 3.63) is 70.7 Å². The first-order valence-electron chi connectivity index (χ1n) is 8.88. The molecule has 0 atom stereocenters. The molecule has 0 spiro atoms. The summed E-state index contributed by atoms with van der Waals surface area (Å²) in [5.74, 6) is 0. The SMILES string of the molecule is Cc1nc2c(c3c1CCCC3)-c1cccc(-c3ccccn3)c1C2. The summed E-state index contributed by atoms with van der Waals surface area (Å²) in [6, 6.07) is 12.8. The Morgan fingerprint density at radius 2 is 1.67 bits per heavy atom. The summed E-state index contributed by atoms with van der Waals surface area (Å²) >= 11 is 0. The van der Waals surface area contributed by atoms with Gasteiger partial charge in [-0.05, 0) is 67.0 Å². The predicted molar refractivity (Wildman–Crippen MR) is 97.1 cm³/mol. The molecule has 3 aromatic rings. The number of aryl methyl sites for hydroxylation is 1. The molecule has 24 heavy (non-hydrogen) atoms. The largest absolute Gasteiger partial charge is 0.257 e. The summed E-state index contributed by atoms with van der Waals surface area (Å²) in [5, 5.41) is 0. The van der Waals surface area contributed by atoms with E-state index in [2.05, 4.69) is 42.2 Å². The van der Waals surface area contributed by atoms with Gasteiger partial charge in [-0.1, -0.05) is 24.3 Å². The summed E-state index contributed by atoms with van der Waals surface area (Å²) in [4.78, 5) is 9.57. The second-order valence-corrected chi connectivity index (χ2v) is 6.91. The molecule has 0 saturated heterocycles. The molecule has 5 rings (SSSR count). The molecule has 2 heteroatoms. The third-order valence-corrected chi connectivity index (χ3v) is 5.53. The van der Waals surface area contributed by atoms with Gasteiger partial charge in [0, 0.05) is 29.4 Å². The van der Waals surface area contributed by atoms with E-state index in [1.165, 1.54) is 64.9 Å². The van der Waals surface area contributed by atoms with E-state index in [0.717, 1.165) is 12.1 Å². The fraction of sp³-hybridized carbons (Fsp3) is 0.273. The molecule has 0 bridgehead atoms. The fourth-order valence-corrected chi connectivity index (χ4v) is 4.47. The molecular weight excluding hydrogens is 292 g/mol. The van der Waals surface area contributed by atoms with E-state index in [1.54, 1.807) is 5.56 Å². The fourth-order valence-electron chi connectivity index (χ4n) is 4.47. The van der Waals surface area contributed by atoms with Crippen LogP contribution in [0, 0.1) is 6.92 Å². The van der Waals surface area contributed by atoms with Gasteiger partial charge in [-0.25, -0.2) is 0 Å². The molecule has 2 aliphatic carbocycles. The van der Waals surface area contributed by atoms with Crippen LogP contribution in [0.5, 0.6) is 0 Å². The number of fused-ring (bicyclic) bond motifs is 5. The molecule has 0 fully saturated rings. The van der Waals surface area contributed by atoms with Crippen LogP contribution in [-0.2, 0) is 19.3 Å². The van der Waals surface area contributed by atoms with Gasteiger partial charge in [-0.15, -0.1) is 0 Å². The lowest BCUT2D eigenvalue weighted by Crippen LogP contribution is -2.09. The minimum absolute atomic E-state index is 0.936. The Labute approximate surface area is 142 Å². The Kier molecular flexibility index (Phi) is 3.05. The maximum atomic E-state index is 5.00. The van der Waals surface area contributed by atoms with Crippen LogP contribution in [0.15, 0.2) is 42.6 Å². The maximum absolute atomic E-state index is 5.00. The van der Waals surface area contributed by atoms with E-state index in [0.29, 0.717) is 0 Å². The van der Waals surface area contributed by atoms with Gasteiger partial charge in [0.05, 0.1) is 11.4 Å². The summed E-state index contributed by atoms with van der Waals surface area (Å²) in [6.45, 7) is 2.19. The highest BCUT2D eigenvalue weighted by molar-refractivity contribution is 5.85. The zero-order valence-corrected chi connectivity index (χ0v) is 14.0. The molecular formula is C22H20N2. The standard InChI is InChI=1S/C22H20N2/c1-14-15-7-2-3-8-17(15)22-18-10-6-9-16(19(18)13-21(22)24-14)20-11-4-5-12-23-20/h4-6,9-12H,2-3,7-8,13H2,1H3. The van der Waals surface area contributed by atoms with Crippen LogP contribution >= 0.6 is 0 Å². The quantitative estimate of drug-likeness (QED) is 0.499. The molecule has 118 valence electrons. The normalized spacial score (nSPS) is 14.9. The predicted octanol–water partition coefficient (Wildman–Crippen LogP) is 4.90. The molecule has 2 aromatic heterocycles. The summed E-state index contributed by atoms with van der Waals surface area (Å²) < 4.78 is 0. The number of hydrogen-bond donors (Lipinski definition) is 0. The van der Waals surface area contributed by atoms with Crippen molar-refractivity contribution in [2.24, 2.45) is 0 Å². The van der Waals surface area contributed by atoms with Gasteiger partial charge >= 0.3 is 0 Å². The van der Waals surface area contributed by atoms with Crippen LogP contribution in [0.2, 0.25) is 0 Å². The van der Waals surface area contributed by atoms with Crippen LogP contribution in [-0.4, -0.2) is 9.97 Å². The van der Waals surface area contributed by atoms with Gasteiger partial charge in [0.25, 0.3) is 0 Å². The highest BCUT2D eigenvalue weighted by Gasteiger charge is 2.29. The Hall–Kier alpha value is -2.48. The lowest BCUT2D eigenvalue weighted by molar-refractivity contribution is 0.677. The number of rotatable bonds is 1. The molecule has 1 aromatic carbocycles. The molecule has 2 aliphatic rings. The van der Waals surface area contributed by atoms with E-state index in [1.807, 2.05) is 12.3 Å². The number of aromatic nitrogens is 2. The van der Waals surface area contributed by atoms with Gasteiger partial charge in [0.2, 0.25) is 0 Å². The second kappa shape index (κ2) is 5.27. The van der Waals surface area contributed by atoms with E-state index in [9.17, 15) is 0 Å². The number of benzene rings is 1. The van der Waals surface area contributed by atoms with Gasteiger partial charge in [-0.3, -0.25) is 9.97 Å². The van der Waals surface area contributed by atoms with Crippen LogP contribution in [0.25, 0.3) is 22.4 Å². The van der Waals surface area contributed by atoms with E-state index < -0.39 is 0 Å². The minimum atomic E-state index is 0.936. The monoisotopic (exact) mass is 312 g/mol. The van der Waals surface area contributed by atoms with Crippen LogP contribution in [0.4, 0.5) is 0 Å². The Balaban J connectivity index is 1.76. The van der Waals surface area contributed by atoms with Crippen molar-refractivity contribution in [3.63, 3.8) is 0 Å². The molecule has 2 nitrogen and oxygen atoms in total. The Morgan fingerprint density at radius 3 is 2.50 bits per heavy atom. The molecule has 0 saturated carbocycles. The van der Waals surface area contributed by atoms with E-state index in [-0.39, 0.29) is 0 Å². The average Bonchev–Trinajstić information content (AvgIpc) is 3.01. The highest BCUT2D eigenvalue weighted by Crippen LogP contribution is 2.45. The van der Waals surface area contributed by atoms with Gasteiger partial charge < -0.3 is 0 Å². The smallest absolute Gasteiger partial charge is 0.0705 e. The van der Waals surface area contributed by atoms with Gasteiger partial charge in [0.15, 0.2) is 0 Å². The Bertz CT molecular complexity index is 942. The molecule has 2 heterocycles. The molecule has 0 N–H and O–H groups in total. The van der Waals surface area contributed by atoms with Gasteiger partial charge in [-0.2, -0.15) is 0 Å². The third-order valence-electron chi connectivity index (χ3n) is 5.53. The highest BCUT2D eigenvalue weighted by atomic mass is 14.7. The molecule has 0 radical (unpaired) electrons. The van der Waals surface area contributed by atoms with E-state index >= 15 is 0 Å². The average molecular weight is 312 g/mol. The number of hydrogen-bond acceptors (Lipinski definition) is 2. The first-order chi connectivity index (χ1) is 11.8. The second-order valence-electron chi connectivity index (χ2n) is 6.91. The van der Waals surface area contributed by atoms with Crippen molar-refractivity contribution in [1.82, 2.24) is 9.97 Å². The van der Waals surface area contributed by atoms with Crippen LogP contribution < -0.4 is 0 Å². The first-order valence-corrected chi connectivity index (χ1v) is 8.88. The zero-order valence-electron chi connectivity index (χ0n) is 14.0. The summed E-state index contributed by atoms with van der Waals surface area (Å²) in [6.07, 6.45) is 7.81. The van der Waals surface area contributed by atoms with Crippen molar-refractivity contribution in [2.45, 2.75) is 39.0 Å². The first kappa shape index (κ1) is 13.9. The van der Waals surface area contributed by atoms with Crippen molar-refractivity contribution in [3.8, 4) is 22.4 Å². The molecule has 0 amide bonds. The lowest BCUT2D eigenvalue weighted by atomic mass is 9.86. The van der Waals surface area contributed by atoms with Crippen LogP contribution in [0.1, 0.15) is 40.9 Å². The molecule has 0 aliphatic heterocycles. The zero-order chi connectivity index (χ0) is 16.1. The maximum Gasteiger partial charge on any atom is 0.0705 e. The van der Waals surface area contributed by atoms with E-state index in [4.69, 9.17) is 4.98 Å². The third kappa shape index (κ3) is 1.96. The topological polar surface area (TPSA) is 25.8 Å². The van der Waals surface area contributed by atoms with Crippen molar-refractivity contribution >= 4 is 0 Å². The Morgan fingerprint density at radius 1 is 0.833 bits per heavy atom. The summed E-state index contributed by atoms with van der Waals surface area (Å²) in [7, 11) is 0. The minimum Gasteiger partial charge on any atom is -0.257 e. The lowest BCUT2D eigenvalue weighted by Gasteiger charge is -2.21. The van der Waals surface area contributed by atoms with Gasteiger partial charge in [0.1, 0.15) is 0 Å².